The molecule has 5 heteroatoms. The molecule has 20 heavy (non-hydrogen) atoms. The number of thioether (sulfide) groups is 1. The van der Waals surface area contributed by atoms with Gasteiger partial charge in [-0.1, -0.05) is 44.5 Å². The minimum atomic E-state index is -0.0759. The van der Waals surface area contributed by atoms with Crippen molar-refractivity contribution in [1.29, 1.82) is 0 Å². The molecule has 1 atom stereocenters. The molecule has 1 aromatic rings. The Balaban J connectivity index is 2.52. The van der Waals surface area contributed by atoms with Crippen molar-refractivity contribution in [2.45, 2.75) is 38.1 Å². The van der Waals surface area contributed by atoms with Crippen molar-refractivity contribution in [3.8, 4) is 0 Å². The van der Waals surface area contributed by atoms with E-state index < -0.39 is 0 Å². The van der Waals surface area contributed by atoms with Gasteiger partial charge in [-0.3, -0.25) is 4.79 Å². The monoisotopic (exact) mass is 315 g/mol. The smallest absolute Gasteiger partial charge is 0.230 e. The largest absolute Gasteiger partial charge is 0.396 e. The van der Waals surface area contributed by atoms with Gasteiger partial charge in [-0.05, 0) is 24.0 Å². The van der Waals surface area contributed by atoms with Gasteiger partial charge in [0.1, 0.15) is 0 Å². The first-order valence-electron chi connectivity index (χ1n) is 6.62. The van der Waals surface area contributed by atoms with E-state index in [2.05, 4.69) is 26.1 Å². The van der Waals surface area contributed by atoms with Gasteiger partial charge in [0.2, 0.25) is 5.91 Å². The van der Waals surface area contributed by atoms with Crippen molar-refractivity contribution in [1.82, 2.24) is 5.32 Å². The first kappa shape index (κ1) is 17.3. The third-order valence-electron chi connectivity index (χ3n) is 2.99. The van der Waals surface area contributed by atoms with Crippen LogP contribution in [-0.2, 0) is 4.79 Å². The Labute approximate surface area is 130 Å². The van der Waals surface area contributed by atoms with Crippen LogP contribution in [0.2, 0.25) is 5.02 Å². The number of benzene rings is 1. The molecule has 0 spiro atoms. The predicted octanol–water partition coefficient (Wildman–Crippen LogP) is 3.35. The van der Waals surface area contributed by atoms with Gasteiger partial charge in [0.15, 0.2) is 0 Å². The minimum absolute atomic E-state index is 0.0353. The van der Waals surface area contributed by atoms with E-state index in [9.17, 15) is 4.79 Å². The molecule has 0 aliphatic carbocycles. The molecular formula is C15H22ClNO2S. The number of hydrogen-bond donors (Lipinski definition) is 2. The zero-order chi connectivity index (χ0) is 15.2. The number of aliphatic hydroxyl groups is 1. The van der Waals surface area contributed by atoms with E-state index in [1.54, 1.807) is 0 Å². The Hall–Kier alpha value is -0.710. The number of rotatable bonds is 6. The Bertz CT molecular complexity index is 446. The summed E-state index contributed by atoms with van der Waals surface area (Å²) in [5.41, 5.74) is -0.0759. The molecular weight excluding hydrogens is 294 g/mol. The Kier molecular flexibility index (Phi) is 6.86. The van der Waals surface area contributed by atoms with E-state index in [0.29, 0.717) is 17.2 Å². The summed E-state index contributed by atoms with van der Waals surface area (Å²) in [7, 11) is 0. The van der Waals surface area contributed by atoms with Crippen molar-refractivity contribution >= 4 is 29.3 Å². The molecule has 112 valence electrons. The summed E-state index contributed by atoms with van der Waals surface area (Å²) in [5.74, 6) is 0.283. The number of halogens is 1. The Morgan fingerprint density at radius 2 is 2.05 bits per heavy atom. The zero-order valence-electron chi connectivity index (χ0n) is 12.1. The molecule has 1 unspecified atom stereocenters. The average Bonchev–Trinajstić information content (AvgIpc) is 2.36. The van der Waals surface area contributed by atoms with E-state index in [1.807, 2.05) is 24.3 Å². The highest BCUT2D eigenvalue weighted by molar-refractivity contribution is 8.00. The lowest BCUT2D eigenvalue weighted by Crippen LogP contribution is -2.45. The highest BCUT2D eigenvalue weighted by atomic mass is 35.5. The molecule has 1 rings (SSSR count). The number of aliphatic hydroxyl groups excluding tert-OH is 1. The second-order valence-corrected chi connectivity index (χ2v) is 7.14. The maximum atomic E-state index is 12.0. The van der Waals surface area contributed by atoms with Crippen molar-refractivity contribution in [3.63, 3.8) is 0 Å². The van der Waals surface area contributed by atoms with Crippen molar-refractivity contribution in [3.05, 3.63) is 29.3 Å². The summed E-state index contributed by atoms with van der Waals surface area (Å²) >= 11 is 7.47. The first-order valence-corrected chi connectivity index (χ1v) is 7.98. The molecule has 1 amide bonds. The fraction of sp³-hybridized carbons (Fsp3) is 0.533. The summed E-state index contributed by atoms with van der Waals surface area (Å²) in [6.45, 7) is 6.22. The van der Waals surface area contributed by atoms with Crippen LogP contribution in [0.4, 0.5) is 0 Å². The number of nitrogens with one attached hydrogen (secondary N) is 1. The van der Waals surface area contributed by atoms with Crippen LogP contribution < -0.4 is 5.32 Å². The summed E-state index contributed by atoms with van der Waals surface area (Å²) in [4.78, 5) is 12.9. The summed E-state index contributed by atoms with van der Waals surface area (Å²) in [6, 6.07) is 7.44. The lowest BCUT2D eigenvalue weighted by atomic mass is 9.85. The van der Waals surface area contributed by atoms with Gasteiger partial charge in [-0.15, -0.1) is 11.8 Å². The molecule has 0 bridgehead atoms. The van der Waals surface area contributed by atoms with Crippen LogP contribution in [0.15, 0.2) is 29.2 Å². The highest BCUT2D eigenvalue weighted by Gasteiger charge is 2.25. The van der Waals surface area contributed by atoms with E-state index in [0.717, 1.165) is 4.90 Å². The standard InChI is InChI=1S/C15H22ClNO2S/c1-15(2,3)13(8-9-18)17-14(19)10-20-12-7-5-4-6-11(12)16/h4-7,13,18H,8-10H2,1-3H3,(H,17,19). The molecule has 0 fully saturated rings. The number of carbonyl (C=O) groups excluding carboxylic acids is 1. The normalized spacial score (nSPS) is 13.1. The van der Waals surface area contributed by atoms with Gasteiger partial charge in [0.25, 0.3) is 0 Å². The molecule has 1 aromatic carbocycles. The minimum Gasteiger partial charge on any atom is -0.396 e. The van der Waals surface area contributed by atoms with E-state index in [-0.39, 0.29) is 24.0 Å². The Morgan fingerprint density at radius 3 is 2.60 bits per heavy atom. The van der Waals surface area contributed by atoms with Crippen LogP contribution >= 0.6 is 23.4 Å². The lowest BCUT2D eigenvalue weighted by Gasteiger charge is -2.31. The maximum absolute atomic E-state index is 12.0. The number of carbonyl (C=O) groups is 1. The van der Waals surface area contributed by atoms with E-state index >= 15 is 0 Å². The SMILES string of the molecule is CC(C)(C)C(CCO)NC(=O)CSc1ccccc1Cl. The molecule has 0 heterocycles. The summed E-state index contributed by atoms with van der Waals surface area (Å²) in [5, 5.41) is 12.7. The first-order chi connectivity index (χ1) is 9.34. The Morgan fingerprint density at radius 1 is 1.40 bits per heavy atom. The quantitative estimate of drug-likeness (QED) is 0.792. The molecule has 0 aromatic heterocycles. The fourth-order valence-corrected chi connectivity index (χ4v) is 2.84. The van der Waals surface area contributed by atoms with Gasteiger partial charge >= 0.3 is 0 Å². The van der Waals surface area contributed by atoms with Crippen molar-refractivity contribution in [2.75, 3.05) is 12.4 Å². The molecule has 0 radical (unpaired) electrons. The zero-order valence-corrected chi connectivity index (χ0v) is 13.7. The van der Waals surface area contributed by atoms with Crippen LogP contribution in [0.25, 0.3) is 0 Å². The lowest BCUT2D eigenvalue weighted by molar-refractivity contribution is -0.120. The van der Waals surface area contributed by atoms with Gasteiger partial charge < -0.3 is 10.4 Å². The third kappa shape index (κ3) is 5.73. The molecule has 3 nitrogen and oxygen atoms in total. The third-order valence-corrected chi connectivity index (χ3v) is 4.51. The van der Waals surface area contributed by atoms with Gasteiger partial charge in [0.05, 0.1) is 10.8 Å². The van der Waals surface area contributed by atoms with Gasteiger partial charge in [-0.2, -0.15) is 0 Å². The maximum Gasteiger partial charge on any atom is 0.230 e. The topological polar surface area (TPSA) is 49.3 Å². The van der Waals surface area contributed by atoms with Crippen molar-refractivity contribution < 1.29 is 9.90 Å². The van der Waals surface area contributed by atoms with Crippen LogP contribution in [-0.4, -0.2) is 29.4 Å². The number of hydrogen-bond acceptors (Lipinski definition) is 3. The van der Waals surface area contributed by atoms with Crippen LogP contribution in [0.3, 0.4) is 0 Å². The highest BCUT2D eigenvalue weighted by Crippen LogP contribution is 2.27. The second-order valence-electron chi connectivity index (χ2n) is 5.72. The summed E-state index contributed by atoms with van der Waals surface area (Å²) < 4.78 is 0. The van der Waals surface area contributed by atoms with Crippen LogP contribution in [0.1, 0.15) is 27.2 Å². The molecule has 0 aliphatic rings. The molecule has 2 N–H and O–H groups in total. The van der Waals surface area contributed by atoms with E-state index in [4.69, 9.17) is 16.7 Å². The second kappa shape index (κ2) is 7.91. The molecule has 0 aliphatic heterocycles. The molecule has 0 saturated heterocycles. The van der Waals surface area contributed by atoms with Crippen molar-refractivity contribution in [2.24, 2.45) is 5.41 Å². The predicted molar refractivity (Wildman–Crippen MR) is 85.3 cm³/mol. The summed E-state index contributed by atoms with van der Waals surface area (Å²) in [6.07, 6.45) is 0.562. The van der Waals surface area contributed by atoms with Crippen LogP contribution in [0.5, 0.6) is 0 Å². The van der Waals surface area contributed by atoms with E-state index in [1.165, 1.54) is 11.8 Å². The van der Waals surface area contributed by atoms with Crippen LogP contribution in [0, 0.1) is 5.41 Å². The van der Waals surface area contributed by atoms with Gasteiger partial charge in [0, 0.05) is 17.5 Å². The average molecular weight is 316 g/mol. The van der Waals surface area contributed by atoms with Gasteiger partial charge in [-0.25, -0.2) is 0 Å². The molecule has 0 saturated carbocycles. The fourth-order valence-electron chi connectivity index (χ4n) is 1.79. The number of amides is 1.